The van der Waals surface area contributed by atoms with Crippen molar-refractivity contribution in [3.8, 4) is 0 Å². The maximum absolute atomic E-state index is 13.0. The number of ketones is 1. The van der Waals surface area contributed by atoms with Gasteiger partial charge in [-0.3, -0.25) is 23.6 Å². The number of halogens is 1. The van der Waals surface area contributed by atoms with Crippen LogP contribution in [0.25, 0.3) is 0 Å². The minimum Gasteiger partial charge on any atom is -0.384 e. The second-order valence-electron chi connectivity index (χ2n) is 6.05. The Kier molecular flexibility index (Phi) is 5.22. The van der Waals surface area contributed by atoms with E-state index in [1.165, 1.54) is 26.2 Å². The second-order valence-corrected chi connectivity index (χ2v) is 6.05. The first kappa shape index (κ1) is 18.6. The van der Waals surface area contributed by atoms with E-state index in [0.29, 0.717) is 6.54 Å². The summed E-state index contributed by atoms with van der Waals surface area (Å²) in [5, 5.41) is 0. The summed E-state index contributed by atoms with van der Waals surface area (Å²) < 4.78 is 14.9. The molecule has 0 amide bonds. The van der Waals surface area contributed by atoms with Gasteiger partial charge in [0.05, 0.1) is 6.04 Å². The van der Waals surface area contributed by atoms with E-state index in [0.717, 1.165) is 14.7 Å². The fraction of sp³-hybridized carbons (Fsp3) is 0.353. The zero-order chi connectivity index (χ0) is 18.9. The summed E-state index contributed by atoms with van der Waals surface area (Å²) in [4.78, 5) is 38.7. The van der Waals surface area contributed by atoms with E-state index in [9.17, 15) is 18.8 Å². The van der Waals surface area contributed by atoms with Gasteiger partial charge >= 0.3 is 5.69 Å². The average molecular weight is 348 g/mol. The summed E-state index contributed by atoms with van der Waals surface area (Å²) >= 11 is 0. The number of hydrogen-bond acceptors (Lipinski definition) is 5. The minimum atomic E-state index is -0.715. The lowest BCUT2D eigenvalue weighted by Crippen LogP contribution is -2.45. The summed E-state index contributed by atoms with van der Waals surface area (Å²) in [5.41, 5.74) is 5.14. The summed E-state index contributed by atoms with van der Waals surface area (Å²) in [7, 11) is 4.42. The summed E-state index contributed by atoms with van der Waals surface area (Å²) in [6, 6.07) is 5.29. The fourth-order valence-corrected chi connectivity index (χ4v) is 2.52. The molecule has 2 N–H and O–H groups in total. The molecule has 0 aliphatic carbocycles. The molecule has 1 heterocycles. The van der Waals surface area contributed by atoms with E-state index in [1.54, 1.807) is 31.0 Å². The monoisotopic (exact) mass is 348 g/mol. The van der Waals surface area contributed by atoms with Crippen molar-refractivity contribution in [3.63, 3.8) is 0 Å². The van der Waals surface area contributed by atoms with E-state index in [1.807, 2.05) is 0 Å². The molecular weight excluding hydrogens is 327 g/mol. The Hall–Kier alpha value is -2.74. The van der Waals surface area contributed by atoms with Gasteiger partial charge in [0.1, 0.15) is 17.2 Å². The van der Waals surface area contributed by atoms with Crippen molar-refractivity contribution in [1.29, 1.82) is 0 Å². The molecule has 0 fully saturated rings. The fourth-order valence-electron chi connectivity index (χ4n) is 2.52. The van der Waals surface area contributed by atoms with Crippen LogP contribution in [0.15, 0.2) is 33.9 Å². The van der Waals surface area contributed by atoms with Gasteiger partial charge < -0.3 is 5.73 Å². The maximum Gasteiger partial charge on any atom is 0.332 e. The first-order valence-corrected chi connectivity index (χ1v) is 7.69. The molecule has 1 atom stereocenters. The smallest absolute Gasteiger partial charge is 0.332 e. The van der Waals surface area contributed by atoms with Crippen LogP contribution >= 0.6 is 0 Å². The lowest BCUT2D eigenvalue weighted by molar-refractivity contribution is 0.0860. The van der Waals surface area contributed by atoms with Crippen LogP contribution < -0.4 is 17.0 Å². The van der Waals surface area contributed by atoms with Gasteiger partial charge in [-0.25, -0.2) is 9.18 Å². The third kappa shape index (κ3) is 3.53. The average Bonchev–Trinajstić information content (AvgIpc) is 2.59. The number of nitrogens with two attached hydrogens (primary N) is 1. The normalized spacial score (nSPS) is 12.4. The largest absolute Gasteiger partial charge is 0.384 e. The van der Waals surface area contributed by atoms with Gasteiger partial charge in [0, 0.05) is 20.6 Å². The van der Waals surface area contributed by atoms with Gasteiger partial charge in [0.2, 0.25) is 0 Å². The molecule has 0 aliphatic heterocycles. The highest BCUT2D eigenvalue weighted by molar-refractivity contribution is 6.03. The Morgan fingerprint density at radius 3 is 2.32 bits per heavy atom. The maximum atomic E-state index is 13.0. The van der Waals surface area contributed by atoms with Gasteiger partial charge in [0.15, 0.2) is 5.78 Å². The number of benzene rings is 1. The zero-order valence-corrected chi connectivity index (χ0v) is 14.6. The third-order valence-electron chi connectivity index (χ3n) is 4.34. The minimum absolute atomic E-state index is 0.153. The first-order valence-electron chi connectivity index (χ1n) is 7.69. The first-order chi connectivity index (χ1) is 11.6. The topological polar surface area (TPSA) is 90.3 Å². The summed E-state index contributed by atoms with van der Waals surface area (Å²) in [6.45, 7) is 2.04. The van der Waals surface area contributed by atoms with E-state index < -0.39 is 23.1 Å². The molecule has 0 spiro atoms. The molecule has 1 aromatic carbocycles. The number of Topliss-reactive ketones (excluding diaryl/α,β-unsaturated/α-hetero) is 1. The van der Waals surface area contributed by atoms with Crippen LogP contribution in [0.2, 0.25) is 0 Å². The second kappa shape index (κ2) is 7.02. The Balaban J connectivity index is 2.32. The van der Waals surface area contributed by atoms with Gasteiger partial charge in [-0.2, -0.15) is 0 Å². The molecule has 2 rings (SSSR count). The number of rotatable bonds is 5. The van der Waals surface area contributed by atoms with Crippen molar-refractivity contribution in [2.24, 2.45) is 14.1 Å². The lowest BCUT2D eigenvalue weighted by Gasteiger charge is -2.24. The van der Waals surface area contributed by atoms with Crippen molar-refractivity contribution in [3.05, 3.63) is 62.0 Å². The van der Waals surface area contributed by atoms with Gasteiger partial charge in [-0.15, -0.1) is 0 Å². The van der Waals surface area contributed by atoms with E-state index >= 15 is 0 Å². The van der Waals surface area contributed by atoms with Gasteiger partial charge in [-0.1, -0.05) is 12.1 Å². The van der Waals surface area contributed by atoms with Crippen LogP contribution in [0.1, 0.15) is 22.8 Å². The van der Waals surface area contributed by atoms with Crippen molar-refractivity contribution in [2.75, 3.05) is 12.8 Å². The van der Waals surface area contributed by atoms with Crippen LogP contribution in [0, 0.1) is 5.82 Å². The molecule has 0 aliphatic rings. The van der Waals surface area contributed by atoms with Crippen molar-refractivity contribution < 1.29 is 9.18 Å². The number of carbonyl (C=O) groups excluding carboxylic acids is 1. The molecule has 134 valence electrons. The molecule has 1 aromatic heterocycles. The van der Waals surface area contributed by atoms with Gasteiger partial charge in [-0.05, 0) is 31.7 Å². The Morgan fingerprint density at radius 1 is 1.20 bits per heavy atom. The quantitative estimate of drug-likeness (QED) is 0.795. The third-order valence-corrected chi connectivity index (χ3v) is 4.34. The van der Waals surface area contributed by atoms with Crippen LogP contribution in [0.4, 0.5) is 10.2 Å². The molecule has 8 heteroatoms. The summed E-state index contributed by atoms with van der Waals surface area (Å²) in [6.07, 6.45) is 0. The Labute approximate surface area is 144 Å². The van der Waals surface area contributed by atoms with E-state index in [-0.39, 0.29) is 17.2 Å². The Morgan fingerprint density at radius 2 is 1.76 bits per heavy atom. The van der Waals surface area contributed by atoms with Crippen molar-refractivity contribution in [2.45, 2.75) is 19.5 Å². The number of likely N-dealkylation sites (N-methyl/N-ethyl adjacent to an activating group) is 1. The van der Waals surface area contributed by atoms with Crippen LogP contribution in [0.5, 0.6) is 0 Å². The molecule has 0 unspecified atom stereocenters. The van der Waals surface area contributed by atoms with E-state index in [2.05, 4.69) is 0 Å². The number of carbonyl (C=O) groups is 1. The van der Waals surface area contributed by atoms with Gasteiger partial charge in [0.25, 0.3) is 5.56 Å². The summed E-state index contributed by atoms with van der Waals surface area (Å²) in [5.74, 6) is -0.963. The van der Waals surface area contributed by atoms with E-state index in [4.69, 9.17) is 5.73 Å². The lowest BCUT2D eigenvalue weighted by atomic mass is 10.1. The highest BCUT2D eigenvalue weighted by Gasteiger charge is 2.27. The molecule has 25 heavy (non-hydrogen) atoms. The molecule has 7 nitrogen and oxygen atoms in total. The standard InChI is InChI=1S/C17H21FN4O3/c1-10(20(2)9-11-5-7-12(18)8-6-11)14(23)13-15(19)21(3)17(25)22(4)16(13)24/h5-8,10H,9,19H2,1-4H3/t10-/m1/s1. The van der Waals surface area contributed by atoms with Crippen LogP contribution in [0.3, 0.4) is 0 Å². The number of aromatic nitrogens is 2. The van der Waals surface area contributed by atoms with Crippen molar-refractivity contribution in [1.82, 2.24) is 14.0 Å². The van der Waals surface area contributed by atoms with Crippen LogP contribution in [-0.4, -0.2) is 32.9 Å². The number of nitrogens with zero attached hydrogens (tertiary/aromatic N) is 3. The molecule has 0 saturated heterocycles. The highest BCUT2D eigenvalue weighted by Crippen LogP contribution is 2.13. The predicted molar refractivity (Wildman–Crippen MR) is 93.0 cm³/mol. The SMILES string of the molecule is C[C@H](C(=O)c1c(N)n(C)c(=O)n(C)c1=O)N(C)Cc1ccc(F)cc1. The van der Waals surface area contributed by atoms with Crippen LogP contribution in [-0.2, 0) is 20.6 Å². The molecular formula is C17H21FN4O3. The van der Waals surface area contributed by atoms with Crippen molar-refractivity contribution >= 4 is 11.6 Å². The highest BCUT2D eigenvalue weighted by atomic mass is 19.1. The number of anilines is 1. The molecule has 0 bridgehead atoms. The molecule has 0 saturated carbocycles. The predicted octanol–water partition coefficient (Wildman–Crippen LogP) is 0.509. The number of nitrogen functional groups attached to an aromatic ring is 1. The Bertz CT molecular complexity index is 915. The zero-order valence-electron chi connectivity index (χ0n) is 14.6. The molecule has 2 aromatic rings. The number of hydrogen-bond donors (Lipinski definition) is 1. The molecule has 0 radical (unpaired) electrons.